The van der Waals surface area contributed by atoms with Crippen molar-refractivity contribution in [3.8, 4) is 11.5 Å². The molecule has 0 radical (unpaired) electrons. The van der Waals surface area contributed by atoms with Crippen LogP contribution >= 0.6 is 0 Å². The second kappa shape index (κ2) is 7.65. The predicted octanol–water partition coefficient (Wildman–Crippen LogP) is 5.46. The van der Waals surface area contributed by atoms with Crippen LogP contribution in [-0.2, 0) is 6.18 Å². The van der Waals surface area contributed by atoms with Crippen LogP contribution in [0.25, 0.3) is 10.9 Å². The second-order valence-corrected chi connectivity index (χ2v) is 6.54. The van der Waals surface area contributed by atoms with Crippen molar-refractivity contribution in [1.29, 1.82) is 0 Å². The highest BCUT2D eigenvalue weighted by molar-refractivity contribution is 5.98. The number of carbonyl (C=O) groups excluding carboxylic acids is 1. The molecule has 0 bridgehead atoms. The minimum absolute atomic E-state index is 0.0197. The van der Waals surface area contributed by atoms with Gasteiger partial charge in [-0.3, -0.25) is 9.78 Å². The van der Waals surface area contributed by atoms with Gasteiger partial charge in [-0.15, -0.1) is 0 Å². The van der Waals surface area contributed by atoms with E-state index < -0.39 is 29.3 Å². The normalized spacial score (nSPS) is 11.7. The third-order valence-electron chi connectivity index (χ3n) is 3.92. The summed E-state index contributed by atoms with van der Waals surface area (Å²) in [4.78, 5) is 16.1. The van der Waals surface area contributed by atoms with Gasteiger partial charge in [0.05, 0.1) is 11.1 Å². The summed E-state index contributed by atoms with van der Waals surface area (Å²) in [7, 11) is 0. The molecule has 0 saturated heterocycles. The van der Waals surface area contributed by atoms with Gasteiger partial charge in [0.15, 0.2) is 17.4 Å². The molecule has 4 nitrogen and oxygen atoms in total. The van der Waals surface area contributed by atoms with Gasteiger partial charge in [0, 0.05) is 23.7 Å². The Labute approximate surface area is 162 Å². The minimum atomic E-state index is -4.51. The molecule has 1 amide bonds. The molecule has 152 valence electrons. The smallest absolute Gasteiger partial charge is 0.416 e. The number of aromatic nitrogens is 1. The largest absolute Gasteiger partial charge is 0.455 e. The highest BCUT2D eigenvalue weighted by Gasteiger charge is 2.30. The Kier molecular flexibility index (Phi) is 5.41. The Hall–Kier alpha value is -3.23. The van der Waals surface area contributed by atoms with Crippen LogP contribution in [0.4, 0.5) is 22.0 Å². The number of hydrogen-bond donors (Lipinski definition) is 1. The minimum Gasteiger partial charge on any atom is -0.455 e. The maximum atomic E-state index is 14.3. The Morgan fingerprint density at radius 2 is 1.76 bits per heavy atom. The van der Waals surface area contributed by atoms with Gasteiger partial charge < -0.3 is 10.1 Å². The van der Waals surface area contributed by atoms with Crippen molar-refractivity contribution in [2.45, 2.75) is 26.1 Å². The number of nitrogens with one attached hydrogen (secondary N) is 1. The molecule has 2 aromatic carbocycles. The fourth-order valence-corrected chi connectivity index (χ4v) is 2.59. The number of halogens is 5. The first kappa shape index (κ1) is 20.5. The van der Waals surface area contributed by atoms with E-state index in [1.165, 1.54) is 6.20 Å². The number of amides is 1. The topological polar surface area (TPSA) is 51.2 Å². The molecule has 1 N–H and O–H groups in total. The molecule has 29 heavy (non-hydrogen) atoms. The number of rotatable bonds is 4. The lowest BCUT2D eigenvalue weighted by atomic mass is 10.1. The van der Waals surface area contributed by atoms with Gasteiger partial charge in [-0.1, -0.05) is 0 Å². The molecule has 3 rings (SSSR count). The van der Waals surface area contributed by atoms with E-state index in [1.807, 2.05) is 0 Å². The van der Waals surface area contributed by atoms with Crippen LogP contribution < -0.4 is 10.1 Å². The summed E-state index contributed by atoms with van der Waals surface area (Å²) >= 11 is 0. The third kappa shape index (κ3) is 4.44. The first-order valence-corrected chi connectivity index (χ1v) is 8.50. The molecular weight excluding hydrogens is 395 g/mol. The Morgan fingerprint density at radius 3 is 2.34 bits per heavy atom. The number of nitrogens with zero attached hydrogens (tertiary/aromatic N) is 1. The zero-order chi connectivity index (χ0) is 21.3. The molecule has 0 aliphatic rings. The fraction of sp³-hybridized carbons (Fsp3) is 0.200. The van der Waals surface area contributed by atoms with Crippen LogP contribution in [0.2, 0.25) is 0 Å². The van der Waals surface area contributed by atoms with Crippen LogP contribution in [0.5, 0.6) is 11.5 Å². The lowest BCUT2D eigenvalue weighted by molar-refractivity contribution is -0.137. The molecule has 0 atom stereocenters. The average Bonchev–Trinajstić information content (AvgIpc) is 2.64. The summed E-state index contributed by atoms with van der Waals surface area (Å²) in [6.07, 6.45) is -3.33. The van der Waals surface area contributed by atoms with Crippen LogP contribution in [-0.4, -0.2) is 16.9 Å². The first-order chi connectivity index (χ1) is 13.6. The summed E-state index contributed by atoms with van der Waals surface area (Å²) in [6.45, 7) is 3.48. The third-order valence-corrected chi connectivity index (χ3v) is 3.92. The number of hydrogen-bond acceptors (Lipinski definition) is 3. The maximum Gasteiger partial charge on any atom is 0.416 e. The molecule has 0 unspecified atom stereocenters. The van der Waals surface area contributed by atoms with E-state index in [1.54, 1.807) is 13.8 Å². The molecule has 0 aliphatic heterocycles. The summed E-state index contributed by atoms with van der Waals surface area (Å²) < 4.78 is 71.7. The van der Waals surface area contributed by atoms with Gasteiger partial charge in [-0.05, 0) is 44.2 Å². The monoisotopic (exact) mass is 410 g/mol. The van der Waals surface area contributed by atoms with Crippen molar-refractivity contribution in [3.63, 3.8) is 0 Å². The number of ether oxygens (including phenoxy) is 1. The standard InChI is InChI=1S/C20H15F5N2O2/c1-10(2)27-19(28)11-7-14-17(22)15(21)8-16(18(14)26-9-11)29-13-5-3-12(4-6-13)20(23,24)25/h3-10H,1-2H3,(H,27,28). The lowest BCUT2D eigenvalue weighted by Crippen LogP contribution is -2.30. The van der Waals surface area contributed by atoms with Crippen molar-refractivity contribution >= 4 is 16.8 Å². The van der Waals surface area contributed by atoms with E-state index in [9.17, 15) is 26.7 Å². The SMILES string of the molecule is CC(C)NC(=O)c1cnc2c(Oc3ccc(C(F)(F)F)cc3)cc(F)c(F)c2c1. The number of fused-ring (bicyclic) bond motifs is 1. The Balaban J connectivity index is 2.00. The highest BCUT2D eigenvalue weighted by atomic mass is 19.4. The quantitative estimate of drug-likeness (QED) is 0.581. The zero-order valence-electron chi connectivity index (χ0n) is 15.3. The van der Waals surface area contributed by atoms with E-state index in [4.69, 9.17) is 4.74 Å². The van der Waals surface area contributed by atoms with E-state index in [2.05, 4.69) is 10.3 Å². The van der Waals surface area contributed by atoms with Crippen LogP contribution in [0.1, 0.15) is 29.8 Å². The van der Waals surface area contributed by atoms with Gasteiger partial charge in [-0.2, -0.15) is 13.2 Å². The molecule has 0 aliphatic carbocycles. The first-order valence-electron chi connectivity index (χ1n) is 8.50. The van der Waals surface area contributed by atoms with Gasteiger partial charge in [0.2, 0.25) is 0 Å². The summed E-state index contributed by atoms with van der Waals surface area (Å²) in [6, 6.07) is 5.43. The molecule has 9 heteroatoms. The summed E-state index contributed by atoms with van der Waals surface area (Å²) in [5, 5.41) is 2.32. The Bertz CT molecular complexity index is 1060. The van der Waals surface area contributed by atoms with Crippen molar-refractivity contribution in [1.82, 2.24) is 10.3 Å². The number of pyridine rings is 1. The van der Waals surface area contributed by atoms with Crippen molar-refractivity contribution in [3.05, 3.63) is 65.4 Å². The van der Waals surface area contributed by atoms with Gasteiger partial charge >= 0.3 is 6.18 Å². The van der Waals surface area contributed by atoms with Gasteiger partial charge in [0.25, 0.3) is 5.91 Å². The Morgan fingerprint density at radius 1 is 1.10 bits per heavy atom. The van der Waals surface area contributed by atoms with Crippen molar-refractivity contribution < 1.29 is 31.5 Å². The average molecular weight is 410 g/mol. The number of alkyl halides is 3. The number of carbonyl (C=O) groups is 1. The highest BCUT2D eigenvalue weighted by Crippen LogP contribution is 2.34. The summed E-state index contributed by atoms with van der Waals surface area (Å²) in [5.41, 5.74) is -0.931. The lowest BCUT2D eigenvalue weighted by Gasteiger charge is -2.13. The van der Waals surface area contributed by atoms with Crippen molar-refractivity contribution in [2.75, 3.05) is 0 Å². The van der Waals surface area contributed by atoms with Crippen LogP contribution in [0, 0.1) is 11.6 Å². The molecule has 0 fully saturated rings. The molecule has 0 saturated carbocycles. The second-order valence-electron chi connectivity index (χ2n) is 6.54. The number of benzene rings is 2. The van der Waals surface area contributed by atoms with E-state index in [0.29, 0.717) is 0 Å². The van der Waals surface area contributed by atoms with E-state index in [-0.39, 0.29) is 34.0 Å². The maximum absolute atomic E-state index is 14.3. The predicted molar refractivity (Wildman–Crippen MR) is 95.8 cm³/mol. The van der Waals surface area contributed by atoms with Crippen molar-refractivity contribution in [2.24, 2.45) is 0 Å². The molecule has 1 aromatic heterocycles. The fourth-order valence-electron chi connectivity index (χ4n) is 2.59. The zero-order valence-corrected chi connectivity index (χ0v) is 15.3. The van der Waals surface area contributed by atoms with Crippen LogP contribution in [0.15, 0.2) is 42.6 Å². The van der Waals surface area contributed by atoms with Gasteiger partial charge in [-0.25, -0.2) is 8.78 Å². The molecule has 3 aromatic rings. The molecule has 1 heterocycles. The molecule has 0 spiro atoms. The van der Waals surface area contributed by atoms with Crippen LogP contribution in [0.3, 0.4) is 0 Å². The summed E-state index contributed by atoms with van der Waals surface area (Å²) in [5.74, 6) is -3.19. The molecular formula is C20H15F5N2O2. The van der Waals surface area contributed by atoms with Gasteiger partial charge in [0.1, 0.15) is 11.3 Å². The van der Waals surface area contributed by atoms with E-state index in [0.717, 1.165) is 36.4 Å². The van der Waals surface area contributed by atoms with E-state index >= 15 is 0 Å².